The fraction of sp³-hybridized carbons (Fsp3) is 0.611. The van der Waals surface area contributed by atoms with Crippen LogP contribution >= 0.6 is 0 Å². The molecule has 1 amide bonds. The fourth-order valence-electron chi connectivity index (χ4n) is 3.07. The van der Waals surface area contributed by atoms with Gasteiger partial charge < -0.3 is 5.32 Å². The largest absolute Gasteiger partial charge is 0.326 e. The molecule has 5 nitrogen and oxygen atoms in total. The number of hydrogen-bond donors (Lipinski definition) is 2. The van der Waals surface area contributed by atoms with Crippen LogP contribution < -0.4 is 10.0 Å². The third-order valence-electron chi connectivity index (χ3n) is 4.07. The van der Waals surface area contributed by atoms with E-state index >= 15 is 0 Å². The molecule has 1 aliphatic rings. The van der Waals surface area contributed by atoms with Gasteiger partial charge >= 0.3 is 0 Å². The summed E-state index contributed by atoms with van der Waals surface area (Å²) in [5, 5.41) is 2.83. The summed E-state index contributed by atoms with van der Waals surface area (Å²) in [5.74, 6) is 0.411. The first-order chi connectivity index (χ1) is 11.2. The molecule has 1 saturated carbocycles. The van der Waals surface area contributed by atoms with Crippen molar-refractivity contribution >= 4 is 21.6 Å². The molecule has 24 heavy (non-hydrogen) atoms. The van der Waals surface area contributed by atoms with Crippen molar-refractivity contribution in [3.63, 3.8) is 0 Å². The lowest BCUT2D eigenvalue weighted by molar-refractivity contribution is -0.117. The lowest BCUT2D eigenvalue weighted by atomic mass is 9.87. The average Bonchev–Trinajstić information content (AvgIpc) is 2.46. The first kappa shape index (κ1) is 18.9. The van der Waals surface area contributed by atoms with E-state index in [-0.39, 0.29) is 10.8 Å². The molecule has 134 valence electrons. The molecule has 0 atom stereocenters. The predicted octanol–water partition coefficient (Wildman–Crippen LogP) is 3.67. The highest BCUT2D eigenvalue weighted by Crippen LogP contribution is 2.26. The van der Waals surface area contributed by atoms with E-state index in [1.165, 1.54) is 31.4 Å². The highest BCUT2D eigenvalue weighted by molar-refractivity contribution is 7.89. The molecule has 1 aromatic carbocycles. The van der Waals surface area contributed by atoms with Gasteiger partial charge in [0.15, 0.2) is 0 Å². The van der Waals surface area contributed by atoms with Crippen molar-refractivity contribution < 1.29 is 13.2 Å². The van der Waals surface area contributed by atoms with Crippen LogP contribution in [-0.2, 0) is 14.8 Å². The smallest absolute Gasteiger partial charge is 0.241 e. The highest BCUT2D eigenvalue weighted by atomic mass is 32.2. The Kier molecular flexibility index (Phi) is 6.04. The summed E-state index contributed by atoms with van der Waals surface area (Å²) in [6, 6.07) is 6.40. The van der Waals surface area contributed by atoms with Crippen LogP contribution in [0.1, 0.15) is 59.3 Å². The summed E-state index contributed by atoms with van der Waals surface area (Å²) in [7, 11) is -3.60. The fourth-order valence-corrected chi connectivity index (χ4v) is 4.53. The van der Waals surface area contributed by atoms with Crippen molar-refractivity contribution in [3.05, 3.63) is 24.3 Å². The van der Waals surface area contributed by atoms with Gasteiger partial charge in [0.05, 0.1) is 4.90 Å². The normalized spacial score (nSPS) is 16.8. The first-order valence-corrected chi connectivity index (χ1v) is 10.1. The molecule has 0 radical (unpaired) electrons. The number of rotatable bonds is 5. The maximum atomic E-state index is 12.4. The minimum absolute atomic E-state index is 0.0415. The molecule has 0 aromatic heterocycles. The van der Waals surface area contributed by atoms with Crippen LogP contribution in [0.2, 0.25) is 0 Å². The van der Waals surface area contributed by atoms with Crippen LogP contribution in [0.3, 0.4) is 0 Å². The molecule has 0 heterocycles. The van der Waals surface area contributed by atoms with Gasteiger partial charge in [0.2, 0.25) is 15.9 Å². The first-order valence-electron chi connectivity index (χ1n) is 8.60. The molecule has 0 saturated heterocycles. The zero-order valence-corrected chi connectivity index (χ0v) is 15.6. The van der Waals surface area contributed by atoms with Crippen LogP contribution in [0.5, 0.6) is 0 Å². The molecule has 6 heteroatoms. The van der Waals surface area contributed by atoms with E-state index in [9.17, 15) is 13.2 Å². The van der Waals surface area contributed by atoms with Gasteiger partial charge in [-0.2, -0.15) is 0 Å². The number of sulfonamides is 1. The second kappa shape index (κ2) is 7.66. The summed E-state index contributed by atoms with van der Waals surface area (Å²) >= 11 is 0. The summed E-state index contributed by atoms with van der Waals surface area (Å²) < 4.78 is 27.4. The Morgan fingerprint density at radius 2 is 1.83 bits per heavy atom. The molecule has 2 N–H and O–H groups in total. The van der Waals surface area contributed by atoms with Gasteiger partial charge in [0.25, 0.3) is 0 Å². The Bertz CT molecular complexity index is 672. The summed E-state index contributed by atoms with van der Waals surface area (Å²) in [4.78, 5) is 12.4. The minimum Gasteiger partial charge on any atom is -0.326 e. The van der Waals surface area contributed by atoms with E-state index in [2.05, 4.69) is 10.0 Å². The Hall–Kier alpha value is -1.40. The van der Waals surface area contributed by atoms with Gasteiger partial charge in [0, 0.05) is 17.6 Å². The number of carbonyl (C=O) groups excluding carboxylic acids is 1. The Morgan fingerprint density at radius 3 is 2.46 bits per heavy atom. The molecule has 0 unspecified atom stereocenters. The topological polar surface area (TPSA) is 75.3 Å². The van der Waals surface area contributed by atoms with Crippen LogP contribution in [0.25, 0.3) is 0 Å². The van der Waals surface area contributed by atoms with E-state index in [1.807, 2.05) is 0 Å². The van der Waals surface area contributed by atoms with Crippen molar-refractivity contribution in [1.29, 1.82) is 0 Å². The van der Waals surface area contributed by atoms with Gasteiger partial charge in [0.1, 0.15) is 0 Å². The number of amides is 1. The van der Waals surface area contributed by atoms with Crippen molar-refractivity contribution in [2.24, 2.45) is 5.92 Å². The second-order valence-corrected chi connectivity index (χ2v) is 9.32. The molecule has 1 aromatic rings. The van der Waals surface area contributed by atoms with Crippen LogP contribution in [-0.4, -0.2) is 19.9 Å². The van der Waals surface area contributed by atoms with Gasteiger partial charge in [-0.25, -0.2) is 13.1 Å². The van der Waals surface area contributed by atoms with Crippen LogP contribution in [0, 0.1) is 5.92 Å². The molecular weight excluding hydrogens is 324 g/mol. The lowest BCUT2D eigenvalue weighted by Crippen LogP contribution is -2.40. The number of hydrogen-bond acceptors (Lipinski definition) is 3. The monoisotopic (exact) mass is 352 g/mol. The van der Waals surface area contributed by atoms with E-state index in [0.29, 0.717) is 18.0 Å². The maximum Gasteiger partial charge on any atom is 0.241 e. The molecule has 0 bridgehead atoms. The third-order valence-corrected chi connectivity index (χ3v) is 5.82. The van der Waals surface area contributed by atoms with E-state index in [0.717, 1.165) is 12.8 Å². The number of anilines is 1. The molecule has 0 aliphatic heterocycles. The SMILES string of the molecule is CC(C)(C)NS(=O)(=O)c1cccc(NC(=O)CC2CCCCC2)c1. The molecular formula is C18H28N2O3S. The quantitative estimate of drug-likeness (QED) is 0.849. The summed E-state index contributed by atoms with van der Waals surface area (Å²) in [6.45, 7) is 5.38. The van der Waals surface area contributed by atoms with Crippen LogP contribution in [0.4, 0.5) is 5.69 Å². The number of carbonyl (C=O) groups is 1. The Morgan fingerprint density at radius 1 is 1.17 bits per heavy atom. The van der Waals surface area contributed by atoms with E-state index < -0.39 is 15.6 Å². The molecule has 2 rings (SSSR count). The van der Waals surface area contributed by atoms with Gasteiger partial charge in [-0.05, 0) is 57.7 Å². The lowest BCUT2D eigenvalue weighted by Gasteiger charge is -2.21. The van der Waals surface area contributed by atoms with Crippen molar-refractivity contribution in [1.82, 2.24) is 4.72 Å². The number of benzene rings is 1. The second-order valence-electron chi connectivity index (χ2n) is 7.64. The molecule has 1 aliphatic carbocycles. The average molecular weight is 353 g/mol. The molecule has 0 spiro atoms. The van der Waals surface area contributed by atoms with Crippen molar-refractivity contribution in [2.45, 2.75) is 69.7 Å². The standard InChI is InChI=1S/C18H28N2O3S/c1-18(2,3)20-24(22,23)16-11-7-10-15(13-16)19-17(21)12-14-8-5-4-6-9-14/h7,10-11,13-14,20H,4-6,8-9,12H2,1-3H3,(H,19,21). The predicted molar refractivity (Wildman–Crippen MR) is 96.3 cm³/mol. The van der Waals surface area contributed by atoms with Crippen LogP contribution in [0.15, 0.2) is 29.2 Å². The Balaban J connectivity index is 2.03. The summed E-state index contributed by atoms with van der Waals surface area (Å²) in [6.07, 6.45) is 6.39. The van der Waals surface area contributed by atoms with E-state index in [4.69, 9.17) is 0 Å². The van der Waals surface area contributed by atoms with Gasteiger partial charge in [-0.3, -0.25) is 4.79 Å². The Labute approximate surface area is 145 Å². The van der Waals surface area contributed by atoms with Gasteiger partial charge in [-0.15, -0.1) is 0 Å². The summed E-state index contributed by atoms with van der Waals surface area (Å²) in [5.41, 5.74) is -0.0356. The van der Waals surface area contributed by atoms with Gasteiger partial charge in [-0.1, -0.05) is 25.3 Å². The van der Waals surface area contributed by atoms with Crippen molar-refractivity contribution in [2.75, 3.05) is 5.32 Å². The maximum absolute atomic E-state index is 12.4. The third kappa shape index (κ3) is 5.91. The zero-order chi connectivity index (χ0) is 17.8. The number of nitrogens with one attached hydrogen (secondary N) is 2. The van der Waals surface area contributed by atoms with Crippen molar-refractivity contribution in [3.8, 4) is 0 Å². The van der Waals surface area contributed by atoms with E-state index in [1.54, 1.807) is 32.9 Å². The highest BCUT2D eigenvalue weighted by Gasteiger charge is 2.22. The molecule has 1 fully saturated rings. The minimum atomic E-state index is -3.60. The zero-order valence-electron chi connectivity index (χ0n) is 14.8.